The van der Waals surface area contributed by atoms with Crippen LogP contribution in [0.4, 0.5) is 4.39 Å². The number of carbonyl (C=O) groups is 1. The average molecular weight is 315 g/mol. The van der Waals surface area contributed by atoms with Crippen LogP contribution in [0.3, 0.4) is 0 Å². The summed E-state index contributed by atoms with van der Waals surface area (Å²) in [6.45, 7) is 3.20. The molecule has 2 bridgehead atoms. The van der Waals surface area contributed by atoms with Gasteiger partial charge in [-0.05, 0) is 56.1 Å². The summed E-state index contributed by atoms with van der Waals surface area (Å²) >= 11 is 0. The third kappa shape index (κ3) is 2.86. The highest BCUT2D eigenvalue weighted by atomic mass is 19.1. The Morgan fingerprint density at radius 3 is 2.74 bits per heavy atom. The number of nitrogens with one attached hydrogen (secondary N) is 1. The van der Waals surface area contributed by atoms with Gasteiger partial charge in [-0.15, -0.1) is 0 Å². The van der Waals surface area contributed by atoms with Gasteiger partial charge in [0.1, 0.15) is 5.76 Å². The lowest BCUT2D eigenvalue weighted by Crippen LogP contribution is -2.57. The van der Waals surface area contributed by atoms with E-state index in [1.54, 1.807) is 18.2 Å². The van der Waals surface area contributed by atoms with Crippen molar-refractivity contribution in [3.05, 3.63) is 42.2 Å². The van der Waals surface area contributed by atoms with Crippen molar-refractivity contribution >= 4 is 5.91 Å². The Labute approximate surface area is 133 Å². The predicted octanol–water partition coefficient (Wildman–Crippen LogP) is 2.30. The van der Waals surface area contributed by atoms with Crippen molar-refractivity contribution in [1.82, 2.24) is 15.2 Å². The van der Waals surface area contributed by atoms with Crippen LogP contribution in [0.1, 0.15) is 23.4 Å². The van der Waals surface area contributed by atoms with Crippen molar-refractivity contribution < 1.29 is 13.6 Å². The number of nitrogens with zero attached hydrogens (tertiary/aromatic N) is 2. The van der Waals surface area contributed by atoms with E-state index in [0.29, 0.717) is 17.2 Å². The van der Waals surface area contributed by atoms with Crippen LogP contribution in [0, 0.1) is 11.9 Å². The third-order valence-electron chi connectivity index (χ3n) is 4.81. The van der Waals surface area contributed by atoms with Crippen LogP contribution in [-0.4, -0.2) is 41.5 Å². The van der Waals surface area contributed by atoms with Gasteiger partial charge in [-0.3, -0.25) is 4.79 Å². The van der Waals surface area contributed by atoms with Crippen molar-refractivity contribution in [3.63, 3.8) is 0 Å². The largest absolute Gasteiger partial charge is 0.451 e. The first-order valence-electron chi connectivity index (χ1n) is 7.94. The van der Waals surface area contributed by atoms with E-state index < -0.39 is 5.95 Å². The fourth-order valence-corrected chi connectivity index (χ4v) is 3.50. The molecule has 3 aliphatic rings. The summed E-state index contributed by atoms with van der Waals surface area (Å²) in [5.41, 5.74) is 0.647. The summed E-state index contributed by atoms with van der Waals surface area (Å²) in [7, 11) is 0. The molecule has 1 amide bonds. The van der Waals surface area contributed by atoms with Gasteiger partial charge >= 0.3 is 0 Å². The Balaban J connectivity index is 1.46. The number of furan rings is 1. The second-order valence-electron chi connectivity index (χ2n) is 6.25. The molecule has 2 aromatic heterocycles. The molecule has 0 aromatic carbocycles. The first-order valence-corrected chi connectivity index (χ1v) is 7.94. The third-order valence-corrected chi connectivity index (χ3v) is 4.81. The van der Waals surface area contributed by atoms with Crippen LogP contribution in [0.2, 0.25) is 0 Å². The van der Waals surface area contributed by atoms with E-state index in [4.69, 9.17) is 4.42 Å². The summed E-state index contributed by atoms with van der Waals surface area (Å²) in [5.74, 6) is 0.628. The Morgan fingerprint density at radius 1 is 1.26 bits per heavy atom. The molecule has 3 saturated heterocycles. The molecule has 5 nitrogen and oxygen atoms in total. The van der Waals surface area contributed by atoms with Gasteiger partial charge < -0.3 is 14.6 Å². The maximum atomic E-state index is 12.9. The summed E-state index contributed by atoms with van der Waals surface area (Å²) < 4.78 is 18.5. The minimum atomic E-state index is -0.541. The second kappa shape index (κ2) is 5.77. The van der Waals surface area contributed by atoms with Gasteiger partial charge in [0.25, 0.3) is 5.91 Å². The fraction of sp³-hybridized carbons (Fsp3) is 0.412. The zero-order valence-corrected chi connectivity index (χ0v) is 12.7. The molecule has 1 atom stereocenters. The van der Waals surface area contributed by atoms with Gasteiger partial charge in [-0.25, -0.2) is 4.98 Å². The van der Waals surface area contributed by atoms with Crippen LogP contribution in [-0.2, 0) is 0 Å². The molecular formula is C17H18FN3O2. The van der Waals surface area contributed by atoms with E-state index in [1.165, 1.54) is 12.3 Å². The molecule has 0 aliphatic carbocycles. The predicted molar refractivity (Wildman–Crippen MR) is 82.3 cm³/mol. The van der Waals surface area contributed by atoms with E-state index in [0.717, 1.165) is 32.5 Å². The topological polar surface area (TPSA) is 58.4 Å². The zero-order valence-electron chi connectivity index (χ0n) is 12.7. The zero-order chi connectivity index (χ0) is 15.8. The maximum absolute atomic E-state index is 12.9. The Hall–Kier alpha value is -2.21. The van der Waals surface area contributed by atoms with E-state index in [2.05, 4.69) is 15.2 Å². The SMILES string of the molecule is O=C(N[C@H]1CN2CCC1CC2)c1ccc(-c2ccc(F)nc2)o1. The van der Waals surface area contributed by atoms with Gasteiger partial charge in [0.2, 0.25) is 5.95 Å². The van der Waals surface area contributed by atoms with E-state index in [9.17, 15) is 9.18 Å². The second-order valence-corrected chi connectivity index (χ2v) is 6.25. The number of aromatic nitrogens is 1. The molecule has 23 heavy (non-hydrogen) atoms. The monoisotopic (exact) mass is 315 g/mol. The number of fused-ring (bicyclic) bond motifs is 3. The van der Waals surface area contributed by atoms with Crippen LogP contribution >= 0.6 is 0 Å². The van der Waals surface area contributed by atoms with Gasteiger partial charge in [-0.2, -0.15) is 4.39 Å². The van der Waals surface area contributed by atoms with E-state index in [1.807, 2.05) is 0 Å². The molecule has 2 aromatic rings. The van der Waals surface area contributed by atoms with Crippen molar-refractivity contribution in [2.45, 2.75) is 18.9 Å². The minimum absolute atomic E-state index is 0.190. The normalized spacial score (nSPS) is 26.2. The van der Waals surface area contributed by atoms with Gasteiger partial charge in [0.05, 0.1) is 0 Å². The maximum Gasteiger partial charge on any atom is 0.287 e. The molecule has 0 spiro atoms. The Morgan fingerprint density at radius 2 is 2.09 bits per heavy atom. The number of hydrogen-bond acceptors (Lipinski definition) is 4. The Kier molecular flexibility index (Phi) is 3.61. The lowest BCUT2D eigenvalue weighted by molar-refractivity contribution is 0.0606. The molecule has 0 unspecified atom stereocenters. The lowest BCUT2D eigenvalue weighted by Gasteiger charge is -2.44. The van der Waals surface area contributed by atoms with Crippen LogP contribution < -0.4 is 5.32 Å². The first kappa shape index (κ1) is 14.4. The van der Waals surface area contributed by atoms with Gasteiger partial charge in [0, 0.05) is 24.3 Å². The summed E-state index contributed by atoms with van der Waals surface area (Å²) in [4.78, 5) is 18.4. The quantitative estimate of drug-likeness (QED) is 0.883. The summed E-state index contributed by atoms with van der Waals surface area (Å²) in [6.07, 6.45) is 3.69. The van der Waals surface area contributed by atoms with Gasteiger partial charge in [0.15, 0.2) is 5.76 Å². The summed E-state index contributed by atoms with van der Waals surface area (Å²) in [6, 6.07) is 6.41. The first-order chi connectivity index (χ1) is 11.2. The molecule has 0 radical (unpaired) electrons. The highest BCUT2D eigenvalue weighted by Gasteiger charge is 2.35. The number of amides is 1. The van der Waals surface area contributed by atoms with Crippen LogP contribution in [0.25, 0.3) is 11.3 Å². The molecule has 1 N–H and O–H groups in total. The molecule has 3 fully saturated rings. The number of hydrogen-bond donors (Lipinski definition) is 1. The van der Waals surface area contributed by atoms with Crippen molar-refractivity contribution in [2.24, 2.45) is 5.92 Å². The number of halogens is 1. The van der Waals surface area contributed by atoms with Crippen molar-refractivity contribution in [3.8, 4) is 11.3 Å². The highest BCUT2D eigenvalue weighted by Crippen LogP contribution is 2.28. The fourth-order valence-electron chi connectivity index (χ4n) is 3.50. The van der Waals surface area contributed by atoms with E-state index >= 15 is 0 Å². The smallest absolute Gasteiger partial charge is 0.287 e. The highest BCUT2D eigenvalue weighted by molar-refractivity contribution is 5.92. The molecule has 5 rings (SSSR count). The lowest BCUT2D eigenvalue weighted by atomic mass is 9.84. The average Bonchev–Trinajstić information content (AvgIpc) is 3.07. The molecule has 3 aliphatic heterocycles. The van der Waals surface area contributed by atoms with Gasteiger partial charge in [-0.1, -0.05) is 0 Å². The Bertz CT molecular complexity index is 705. The van der Waals surface area contributed by atoms with Crippen LogP contribution in [0.15, 0.2) is 34.9 Å². The molecular weight excluding hydrogens is 297 g/mol. The van der Waals surface area contributed by atoms with Crippen LogP contribution in [0.5, 0.6) is 0 Å². The minimum Gasteiger partial charge on any atom is -0.451 e. The molecule has 120 valence electrons. The number of carbonyl (C=O) groups excluding carboxylic acids is 1. The number of rotatable bonds is 3. The van der Waals surface area contributed by atoms with E-state index in [-0.39, 0.29) is 17.7 Å². The summed E-state index contributed by atoms with van der Waals surface area (Å²) in [5, 5.41) is 3.09. The van der Waals surface area contributed by atoms with Crippen molar-refractivity contribution in [2.75, 3.05) is 19.6 Å². The molecule has 0 saturated carbocycles. The molecule has 6 heteroatoms. The van der Waals surface area contributed by atoms with Crippen molar-refractivity contribution in [1.29, 1.82) is 0 Å². The molecule has 5 heterocycles. The number of piperidine rings is 3. The standard InChI is InChI=1S/C17H18FN3O2/c18-16-4-1-12(9-19-16)14-2-3-15(23-14)17(22)20-13-10-21-7-5-11(13)6-8-21/h1-4,9,11,13H,5-8,10H2,(H,20,22)/t13-/m0/s1. The number of pyridine rings is 1.